The largest absolute Gasteiger partial charge is 0.384 e. The molecule has 0 fully saturated rings. The Kier molecular flexibility index (Phi) is 4.76. The van der Waals surface area contributed by atoms with E-state index in [0.717, 1.165) is 5.69 Å². The summed E-state index contributed by atoms with van der Waals surface area (Å²) < 4.78 is 0. The normalized spacial score (nSPS) is 11.2. The topological polar surface area (TPSA) is 41.1 Å². The van der Waals surface area contributed by atoms with Gasteiger partial charge in [0.15, 0.2) is 0 Å². The Bertz CT molecular complexity index is 419. The fraction of sp³-hybridized carbons (Fsp3) is 0.533. The van der Waals surface area contributed by atoms with Crippen molar-refractivity contribution in [2.75, 3.05) is 11.9 Å². The predicted octanol–water partition coefficient (Wildman–Crippen LogP) is 3.02. The highest BCUT2D eigenvalue weighted by Crippen LogP contribution is 2.15. The van der Waals surface area contributed by atoms with Crippen LogP contribution in [-0.4, -0.2) is 18.0 Å². The fourth-order valence-electron chi connectivity index (χ4n) is 1.80. The van der Waals surface area contributed by atoms with Crippen LogP contribution in [0, 0.1) is 13.8 Å². The first kappa shape index (κ1) is 14.6. The lowest BCUT2D eigenvalue weighted by molar-refractivity contribution is -0.122. The SMILES string of the molecule is Cc1ccc(NCCC(=O)NC(C)(C)C)c(C)c1. The number of aryl methyl sites for hydroxylation is 2. The summed E-state index contributed by atoms with van der Waals surface area (Å²) in [6.07, 6.45) is 0.491. The molecular formula is C15H24N2O. The molecule has 0 aliphatic carbocycles. The first-order chi connectivity index (χ1) is 8.28. The van der Waals surface area contributed by atoms with E-state index in [0.29, 0.717) is 13.0 Å². The fourth-order valence-corrected chi connectivity index (χ4v) is 1.80. The van der Waals surface area contributed by atoms with E-state index in [9.17, 15) is 4.79 Å². The maximum atomic E-state index is 11.6. The first-order valence-corrected chi connectivity index (χ1v) is 6.40. The molecule has 0 bridgehead atoms. The van der Waals surface area contributed by atoms with Gasteiger partial charge in [-0.25, -0.2) is 0 Å². The van der Waals surface area contributed by atoms with E-state index in [4.69, 9.17) is 0 Å². The van der Waals surface area contributed by atoms with Crippen molar-refractivity contribution < 1.29 is 4.79 Å². The number of amides is 1. The van der Waals surface area contributed by atoms with Crippen molar-refractivity contribution in [3.63, 3.8) is 0 Å². The minimum atomic E-state index is -0.156. The molecule has 100 valence electrons. The molecular weight excluding hydrogens is 224 g/mol. The number of benzene rings is 1. The van der Waals surface area contributed by atoms with Gasteiger partial charge in [-0.1, -0.05) is 17.7 Å². The molecule has 0 aromatic heterocycles. The third-order valence-corrected chi connectivity index (χ3v) is 2.56. The molecule has 1 rings (SSSR count). The van der Waals surface area contributed by atoms with E-state index >= 15 is 0 Å². The molecule has 2 N–H and O–H groups in total. The zero-order valence-corrected chi connectivity index (χ0v) is 12.1. The summed E-state index contributed by atoms with van der Waals surface area (Å²) in [6.45, 7) is 10.8. The molecule has 3 nitrogen and oxygen atoms in total. The van der Waals surface area contributed by atoms with Gasteiger partial charge in [-0.05, 0) is 46.2 Å². The van der Waals surface area contributed by atoms with Gasteiger partial charge in [-0.2, -0.15) is 0 Å². The maximum absolute atomic E-state index is 11.6. The molecule has 0 atom stereocenters. The van der Waals surface area contributed by atoms with Crippen LogP contribution in [0.2, 0.25) is 0 Å². The second kappa shape index (κ2) is 5.89. The lowest BCUT2D eigenvalue weighted by atomic mass is 10.1. The van der Waals surface area contributed by atoms with Crippen LogP contribution in [0.1, 0.15) is 38.3 Å². The molecule has 0 unspecified atom stereocenters. The van der Waals surface area contributed by atoms with Crippen LogP contribution in [0.25, 0.3) is 0 Å². The van der Waals surface area contributed by atoms with E-state index in [1.807, 2.05) is 20.8 Å². The highest BCUT2D eigenvalue weighted by molar-refractivity contribution is 5.77. The lowest BCUT2D eigenvalue weighted by Crippen LogP contribution is -2.41. The second-order valence-electron chi connectivity index (χ2n) is 5.79. The van der Waals surface area contributed by atoms with E-state index < -0.39 is 0 Å². The number of anilines is 1. The smallest absolute Gasteiger partial charge is 0.222 e. The highest BCUT2D eigenvalue weighted by atomic mass is 16.1. The molecule has 0 aliphatic rings. The highest BCUT2D eigenvalue weighted by Gasteiger charge is 2.12. The summed E-state index contributed by atoms with van der Waals surface area (Å²) in [5.41, 5.74) is 3.41. The summed E-state index contributed by atoms with van der Waals surface area (Å²) >= 11 is 0. The van der Waals surface area contributed by atoms with Crippen molar-refractivity contribution in [3.05, 3.63) is 29.3 Å². The van der Waals surface area contributed by atoms with E-state index in [1.165, 1.54) is 11.1 Å². The number of nitrogens with one attached hydrogen (secondary N) is 2. The van der Waals surface area contributed by atoms with Gasteiger partial charge in [-0.15, -0.1) is 0 Å². The minimum Gasteiger partial charge on any atom is -0.384 e. The third kappa shape index (κ3) is 5.21. The molecule has 0 saturated carbocycles. The molecule has 0 aliphatic heterocycles. The van der Waals surface area contributed by atoms with Crippen LogP contribution in [0.15, 0.2) is 18.2 Å². The Morgan fingerprint density at radius 1 is 1.22 bits per heavy atom. The molecule has 0 spiro atoms. The molecule has 0 saturated heterocycles. The van der Waals surface area contributed by atoms with Gasteiger partial charge in [0.05, 0.1) is 0 Å². The molecule has 18 heavy (non-hydrogen) atoms. The zero-order valence-electron chi connectivity index (χ0n) is 12.1. The molecule has 1 aromatic rings. The minimum absolute atomic E-state index is 0.0831. The average Bonchev–Trinajstić information content (AvgIpc) is 2.18. The quantitative estimate of drug-likeness (QED) is 0.860. The number of carbonyl (C=O) groups is 1. The average molecular weight is 248 g/mol. The third-order valence-electron chi connectivity index (χ3n) is 2.56. The number of hydrogen-bond acceptors (Lipinski definition) is 2. The van der Waals surface area contributed by atoms with Gasteiger partial charge in [0.25, 0.3) is 0 Å². The number of rotatable bonds is 4. The van der Waals surface area contributed by atoms with Crippen molar-refractivity contribution in [1.82, 2.24) is 5.32 Å². The molecule has 0 heterocycles. The van der Waals surface area contributed by atoms with Crippen LogP contribution in [0.3, 0.4) is 0 Å². The Labute approximate surface area is 110 Å². The van der Waals surface area contributed by atoms with Crippen LogP contribution >= 0.6 is 0 Å². The van der Waals surface area contributed by atoms with Gasteiger partial charge in [0.1, 0.15) is 0 Å². The Balaban J connectivity index is 2.40. The second-order valence-corrected chi connectivity index (χ2v) is 5.79. The summed E-state index contributed by atoms with van der Waals surface area (Å²) in [5.74, 6) is 0.0831. The van der Waals surface area contributed by atoms with Crippen LogP contribution in [-0.2, 0) is 4.79 Å². The number of carbonyl (C=O) groups excluding carboxylic acids is 1. The van der Waals surface area contributed by atoms with Crippen molar-refractivity contribution in [1.29, 1.82) is 0 Å². The van der Waals surface area contributed by atoms with Gasteiger partial charge in [0, 0.05) is 24.2 Å². The van der Waals surface area contributed by atoms with E-state index in [-0.39, 0.29) is 11.4 Å². The van der Waals surface area contributed by atoms with Gasteiger partial charge < -0.3 is 10.6 Å². The van der Waals surface area contributed by atoms with E-state index in [1.54, 1.807) is 0 Å². The summed E-state index contributed by atoms with van der Waals surface area (Å²) in [7, 11) is 0. The Hall–Kier alpha value is -1.51. The van der Waals surface area contributed by atoms with Gasteiger partial charge in [0.2, 0.25) is 5.91 Å². The molecule has 1 amide bonds. The van der Waals surface area contributed by atoms with Gasteiger partial charge >= 0.3 is 0 Å². The van der Waals surface area contributed by atoms with Crippen LogP contribution < -0.4 is 10.6 Å². The van der Waals surface area contributed by atoms with Gasteiger partial charge in [-0.3, -0.25) is 4.79 Å². The molecule has 3 heteroatoms. The first-order valence-electron chi connectivity index (χ1n) is 6.40. The van der Waals surface area contributed by atoms with Crippen LogP contribution in [0.4, 0.5) is 5.69 Å². The molecule has 0 radical (unpaired) electrons. The van der Waals surface area contributed by atoms with Crippen molar-refractivity contribution in [2.45, 2.75) is 46.6 Å². The summed E-state index contributed by atoms with van der Waals surface area (Å²) in [5, 5.41) is 6.25. The maximum Gasteiger partial charge on any atom is 0.222 e. The zero-order chi connectivity index (χ0) is 13.8. The molecule has 1 aromatic carbocycles. The monoisotopic (exact) mass is 248 g/mol. The van der Waals surface area contributed by atoms with Crippen molar-refractivity contribution >= 4 is 11.6 Å². The Morgan fingerprint density at radius 2 is 1.89 bits per heavy atom. The summed E-state index contributed by atoms with van der Waals surface area (Å²) in [6, 6.07) is 6.27. The lowest BCUT2D eigenvalue weighted by Gasteiger charge is -2.20. The standard InChI is InChI=1S/C15H24N2O/c1-11-6-7-13(12(2)10-11)16-9-8-14(18)17-15(3,4)5/h6-7,10,16H,8-9H2,1-5H3,(H,17,18). The Morgan fingerprint density at radius 3 is 2.44 bits per heavy atom. The van der Waals surface area contributed by atoms with Crippen molar-refractivity contribution in [2.24, 2.45) is 0 Å². The van der Waals surface area contributed by atoms with E-state index in [2.05, 4.69) is 42.7 Å². The van der Waals surface area contributed by atoms with Crippen LogP contribution in [0.5, 0.6) is 0 Å². The van der Waals surface area contributed by atoms with Crippen molar-refractivity contribution in [3.8, 4) is 0 Å². The predicted molar refractivity (Wildman–Crippen MR) is 76.9 cm³/mol. The number of hydrogen-bond donors (Lipinski definition) is 2. The summed E-state index contributed by atoms with van der Waals surface area (Å²) in [4.78, 5) is 11.6.